The molecule has 0 aliphatic carbocycles. The van der Waals surface area contributed by atoms with Crippen molar-refractivity contribution in [2.45, 2.75) is 13.5 Å². The minimum atomic E-state index is -0.174. The van der Waals surface area contributed by atoms with Gasteiger partial charge in [0.15, 0.2) is 5.96 Å². The van der Waals surface area contributed by atoms with Crippen molar-refractivity contribution in [1.29, 1.82) is 0 Å². The lowest BCUT2D eigenvalue weighted by molar-refractivity contribution is 0.0954. The van der Waals surface area contributed by atoms with Gasteiger partial charge in [0.2, 0.25) is 0 Å². The maximum Gasteiger partial charge on any atom is 0.251 e. The highest BCUT2D eigenvalue weighted by atomic mass is 127. The fraction of sp³-hybridized carbons (Fsp3) is 0.450. The predicted molar refractivity (Wildman–Crippen MR) is 125 cm³/mol. The molecule has 2 heterocycles. The number of rotatable bonds is 7. The van der Waals surface area contributed by atoms with Crippen LogP contribution in [0.15, 0.2) is 46.1 Å². The number of aliphatic imine (C=N–C) groups is 1. The van der Waals surface area contributed by atoms with E-state index in [-0.39, 0.29) is 35.6 Å². The van der Waals surface area contributed by atoms with E-state index in [9.17, 15) is 9.90 Å². The van der Waals surface area contributed by atoms with Gasteiger partial charge in [-0.05, 0) is 31.2 Å². The molecule has 1 aromatic carbocycles. The maximum absolute atomic E-state index is 12.1. The van der Waals surface area contributed by atoms with Crippen molar-refractivity contribution in [2.75, 3.05) is 45.8 Å². The van der Waals surface area contributed by atoms with Gasteiger partial charge in [-0.1, -0.05) is 5.16 Å². The number of carbonyl (C=O) groups excluding carboxylic acids is 1. The molecule has 1 aliphatic heterocycles. The van der Waals surface area contributed by atoms with E-state index < -0.39 is 0 Å². The summed E-state index contributed by atoms with van der Waals surface area (Å²) in [5.74, 6) is 0.835. The van der Waals surface area contributed by atoms with Crippen molar-refractivity contribution in [3.8, 4) is 5.75 Å². The van der Waals surface area contributed by atoms with Crippen LogP contribution in [0.3, 0.4) is 0 Å². The van der Waals surface area contributed by atoms with Crippen LogP contribution in [-0.4, -0.2) is 77.7 Å². The van der Waals surface area contributed by atoms with Crippen molar-refractivity contribution >= 4 is 35.8 Å². The molecular formula is C20H29IN6O3. The Bertz CT molecular complexity index is 789. The van der Waals surface area contributed by atoms with Gasteiger partial charge < -0.3 is 25.2 Å². The molecule has 2 aromatic rings. The first-order valence-electron chi connectivity index (χ1n) is 9.88. The number of aromatic nitrogens is 1. The van der Waals surface area contributed by atoms with Crippen LogP contribution in [0.5, 0.6) is 5.75 Å². The molecule has 10 heteroatoms. The monoisotopic (exact) mass is 528 g/mol. The molecule has 1 amide bonds. The third-order valence-electron chi connectivity index (χ3n) is 4.67. The third-order valence-corrected chi connectivity index (χ3v) is 4.67. The second-order valence-corrected chi connectivity index (χ2v) is 6.79. The summed E-state index contributed by atoms with van der Waals surface area (Å²) in [6.07, 6.45) is 1.60. The maximum atomic E-state index is 12.1. The zero-order valence-corrected chi connectivity index (χ0v) is 19.4. The normalized spacial score (nSPS) is 14.8. The van der Waals surface area contributed by atoms with Crippen LogP contribution >= 0.6 is 24.0 Å². The van der Waals surface area contributed by atoms with Gasteiger partial charge in [-0.25, -0.2) is 0 Å². The average molecular weight is 528 g/mol. The highest BCUT2D eigenvalue weighted by Crippen LogP contribution is 2.09. The van der Waals surface area contributed by atoms with Gasteiger partial charge in [0.05, 0.1) is 12.2 Å². The second kappa shape index (κ2) is 12.4. The predicted octanol–water partition coefficient (Wildman–Crippen LogP) is 1.51. The SMILES string of the molecule is CCNC(=NCCNC(=O)c1ccc(O)cc1)N1CCN(Cc2ccon2)CC1.I. The molecule has 30 heavy (non-hydrogen) atoms. The van der Waals surface area contributed by atoms with E-state index >= 15 is 0 Å². The quantitative estimate of drug-likeness (QED) is 0.217. The molecule has 9 nitrogen and oxygen atoms in total. The highest BCUT2D eigenvalue weighted by molar-refractivity contribution is 14.0. The minimum Gasteiger partial charge on any atom is -0.508 e. The van der Waals surface area contributed by atoms with Crippen molar-refractivity contribution in [3.05, 3.63) is 47.9 Å². The number of phenolic OH excluding ortho intramolecular Hbond substituents is 1. The topological polar surface area (TPSA) is 106 Å². The molecule has 1 fully saturated rings. The molecule has 0 atom stereocenters. The zero-order valence-electron chi connectivity index (χ0n) is 17.1. The number of amides is 1. The van der Waals surface area contributed by atoms with Crippen molar-refractivity contribution in [1.82, 2.24) is 25.6 Å². The first-order chi connectivity index (χ1) is 14.2. The Hall–Kier alpha value is -2.34. The lowest BCUT2D eigenvalue weighted by Gasteiger charge is -2.36. The first-order valence-corrected chi connectivity index (χ1v) is 9.88. The molecule has 1 aromatic heterocycles. The Morgan fingerprint density at radius 1 is 1.17 bits per heavy atom. The van der Waals surface area contributed by atoms with E-state index in [2.05, 4.69) is 30.6 Å². The van der Waals surface area contributed by atoms with E-state index in [1.807, 2.05) is 13.0 Å². The summed E-state index contributed by atoms with van der Waals surface area (Å²) in [5.41, 5.74) is 1.46. The number of carbonyl (C=O) groups is 1. The highest BCUT2D eigenvalue weighted by Gasteiger charge is 2.20. The summed E-state index contributed by atoms with van der Waals surface area (Å²) < 4.78 is 4.90. The van der Waals surface area contributed by atoms with Crippen molar-refractivity contribution < 1.29 is 14.4 Å². The summed E-state index contributed by atoms with van der Waals surface area (Å²) in [4.78, 5) is 21.3. The number of aromatic hydroxyl groups is 1. The minimum absolute atomic E-state index is 0. The molecular weight excluding hydrogens is 499 g/mol. The van der Waals surface area contributed by atoms with Crippen LogP contribution in [-0.2, 0) is 6.54 Å². The number of guanidine groups is 1. The molecule has 0 unspecified atom stereocenters. The van der Waals surface area contributed by atoms with E-state index in [4.69, 9.17) is 4.52 Å². The number of hydrogen-bond acceptors (Lipinski definition) is 6. The van der Waals surface area contributed by atoms with Gasteiger partial charge in [0.1, 0.15) is 12.0 Å². The molecule has 1 saturated heterocycles. The van der Waals surface area contributed by atoms with Crippen LogP contribution in [0.4, 0.5) is 0 Å². The van der Waals surface area contributed by atoms with E-state index in [1.165, 1.54) is 12.1 Å². The van der Waals surface area contributed by atoms with Crippen molar-refractivity contribution in [2.24, 2.45) is 4.99 Å². The number of nitrogens with one attached hydrogen (secondary N) is 2. The van der Waals surface area contributed by atoms with Crippen LogP contribution in [0.1, 0.15) is 23.0 Å². The molecule has 3 rings (SSSR count). The summed E-state index contributed by atoms with van der Waals surface area (Å²) in [7, 11) is 0. The molecule has 0 spiro atoms. The molecule has 1 aliphatic rings. The summed E-state index contributed by atoms with van der Waals surface area (Å²) in [6.45, 7) is 8.17. The molecule has 164 valence electrons. The number of benzene rings is 1. The number of phenols is 1. The standard InChI is InChI=1S/C20H28N6O3.HI/c1-2-21-20(23-9-8-22-19(28)16-3-5-18(27)6-4-16)26-12-10-25(11-13-26)15-17-7-14-29-24-17;/h3-7,14,27H,2,8-13,15H2,1H3,(H,21,23)(H,22,28);1H. The Morgan fingerprint density at radius 2 is 1.90 bits per heavy atom. The lowest BCUT2D eigenvalue weighted by atomic mass is 10.2. The van der Waals surface area contributed by atoms with Gasteiger partial charge in [-0.3, -0.25) is 14.7 Å². The molecule has 3 N–H and O–H groups in total. The molecule has 0 saturated carbocycles. The van der Waals surface area contributed by atoms with Crippen LogP contribution in [0.25, 0.3) is 0 Å². The van der Waals surface area contributed by atoms with Gasteiger partial charge in [0.25, 0.3) is 5.91 Å². The van der Waals surface area contributed by atoms with E-state index in [0.29, 0.717) is 18.7 Å². The summed E-state index contributed by atoms with van der Waals surface area (Å²) >= 11 is 0. The van der Waals surface area contributed by atoms with Crippen molar-refractivity contribution in [3.63, 3.8) is 0 Å². The van der Waals surface area contributed by atoms with Gasteiger partial charge >= 0.3 is 0 Å². The van der Waals surface area contributed by atoms with Crippen LogP contribution in [0, 0.1) is 0 Å². The zero-order chi connectivity index (χ0) is 20.5. The Labute approximate surface area is 193 Å². The third kappa shape index (κ3) is 7.17. The molecule has 0 bridgehead atoms. The Balaban J connectivity index is 0.00000320. The number of hydrogen-bond donors (Lipinski definition) is 3. The Morgan fingerprint density at radius 3 is 2.53 bits per heavy atom. The summed E-state index contributed by atoms with van der Waals surface area (Å²) in [6, 6.07) is 8.08. The lowest BCUT2D eigenvalue weighted by Crippen LogP contribution is -2.52. The van der Waals surface area contributed by atoms with Crippen LogP contribution < -0.4 is 10.6 Å². The molecule has 0 radical (unpaired) electrons. The fourth-order valence-electron chi connectivity index (χ4n) is 3.14. The van der Waals surface area contributed by atoms with E-state index in [1.54, 1.807) is 18.4 Å². The van der Waals surface area contributed by atoms with Gasteiger partial charge in [0, 0.05) is 57.4 Å². The fourth-order valence-corrected chi connectivity index (χ4v) is 3.14. The van der Waals surface area contributed by atoms with Gasteiger partial charge in [-0.15, -0.1) is 24.0 Å². The summed E-state index contributed by atoms with van der Waals surface area (Å²) in [5, 5.41) is 19.4. The first kappa shape index (κ1) is 23.9. The smallest absolute Gasteiger partial charge is 0.251 e. The number of piperazine rings is 1. The van der Waals surface area contributed by atoms with E-state index in [0.717, 1.165) is 50.9 Å². The largest absolute Gasteiger partial charge is 0.508 e. The number of halogens is 1. The Kier molecular flexibility index (Phi) is 9.87. The average Bonchev–Trinajstić information content (AvgIpc) is 3.24. The van der Waals surface area contributed by atoms with Gasteiger partial charge in [-0.2, -0.15) is 0 Å². The van der Waals surface area contributed by atoms with Crippen LogP contribution in [0.2, 0.25) is 0 Å². The number of nitrogens with zero attached hydrogens (tertiary/aromatic N) is 4. The second-order valence-electron chi connectivity index (χ2n) is 6.79.